The third-order valence-electron chi connectivity index (χ3n) is 4.07. The van der Waals surface area contributed by atoms with Gasteiger partial charge in [-0.05, 0) is 24.6 Å². The SMILES string of the molecule is O=C(N[C@H]1CCO[C@@H]1c1cccnc1)c1cnc2ccccn12. The van der Waals surface area contributed by atoms with Crippen LogP contribution in [0.1, 0.15) is 28.6 Å². The van der Waals surface area contributed by atoms with Crippen molar-refractivity contribution in [3.63, 3.8) is 0 Å². The van der Waals surface area contributed by atoms with Crippen LogP contribution in [0, 0.1) is 0 Å². The zero-order valence-electron chi connectivity index (χ0n) is 12.4. The molecule has 2 atom stereocenters. The maximum atomic E-state index is 12.6. The topological polar surface area (TPSA) is 68.5 Å². The number of fused-ring (bicyclic) bond motifs is 1. The zero-order chi connectivity index (χ0) is 15.6. The Labute approximate surface area is 133 Å². The number of carbonyl (C=O) groups excluding carboxylic acids is 1. The first-order valence-corrected chi connectivity index (χ1v) is 7.57. The van der Waals surface area contributed by atoms with Crippen molar-refractivity contribution in [3.05, 3.63) is 66.4 Å². The molecule has 0 spiro atoms. The largest absolute Gasteiger partial charge is 0.371 e. The second-order valence-electron chi connectivity index (χ2n) is 5.52. The maximum Gasteiger partial charge on any atom is 0.270 e. The first kappa shape index (κ1) is 13.9. The number of hydrogen-bond donors (Lipinski definition) is 1. The number of aromatic nitrogens is 3. The lowest BCUT2D eigenvalue weighted by atomic mass is 10.0. The molecule has 1 amide bonds. The second-order valence-corrected chi connectivity index (χ2v) is 5.52. The molecular weight excluding hydrogens is 292 g/mol. The minimum Gasteiger partial charge on any atom is -0.371 e. The Hall–Kier alpha value is -2.73. The molecule has 1 fully saturated rings. The lowest BCUT2D eigenvalue weighted by Gasteiger charge is -2.19. The van der Waals surface area contributed by atoms with Crippen molar-refractivity contribution in [3.8, 4) is 0 Å². The Balaban J connectivity index is 1.56. The molecular formula is C17H16N4O2. The van der Waals surface area contributed by atoms with Gasteiger partial charge in [-0.1, -0.05) is 12.1 Å². The van der Waals surface area contributed by atoms with Crippen molar-refractivity contribution in [2.24, 2.45) is 0 Å². The minimum absolute atomic E-state index is 0.0686. The molecule has 3 aromatic rings. The van der Waals surface area contributed by atoms with E-state index in [1.807, 2.05) is 36.5 Å². The van der Waals surface area contributed by atoms with E-state index in [-0.39, 0.29) is 18.1 Å². The molecule has 0 saturated carbocycles. The Kier molecular flexibility index (Phi) is 3.51. The molecule has 6 nitrogen and oxygen atoms in total. The fourth-order valence-corrected chi connectivity index (χ4v) is 2.95. The Morgan fingerprint density at radius 3 is 3.09 bits per heavy atom. The number of pyridine rings is 2. The summed E-state index contributed by atoms with van der Waals surface area (Å²) in [6.07, 6.45) is 7.56. The van der Waals surface area contributed by atoms with Gasteiger partial charge in [-0.15, -0.1) is 0 Å². The van der Waals surface area contributed by atoms with Crippen LogP contribution < -0.4 is 5.32 Å². The summed E-state index contributed by atoms with van der Waals surface area (Å²) in [5.41, 5.74) is 2.26. The van der Waals surface area contributed by atoms with Crippen molar-refractivity contribution in [2.45, 2.75) is 18.6 Å². The van der Waals surface area contributed by atoms with Crippen LogP contribution in [-0.2, 0) is 4.74 Å². The first-order chi connectivity index (χ1) is 11.3. The molecule has 6 heteroatoms. The highest BCUT2D eigenvalue weighted by Gasteiger charge is 2.31. The van der Waals surface area contributed by atoms with Gasteiger partial charge in [0.1, 0.15) is 17.4 Å². The van der Waals surface area contributed by atoms with Crippen molar-refractivity contribution < 1.29 is 9.53 Å². The predicted molar refractivity (Wildman–Crippen MR) is 84.0 cm³/mol. The van der Waals surface area contributed by atoms with Crippen LogP contribution in [-0.4, -0.2) is 32.9 Å². The lowest BCUT2D eigenvalue weighted by Crippen LogP contribution is -2.37. The molecule has 0 bridgehead atoms. The van der Waals surface area contributed by atoms with Crippen LogP contribution in [0.25, 0.3) is 5.65 Å². The van der Waals surface area contributed by atoms with Crippen LogP contribution in [0.5, 0.6) is 0 Å². The van der Waals surface area contributed by atoms with E-state index < -0.39 is 0 Å². The number of nitrogens with zero attached hydrogens (tertiary/aromatic N) is 3. The summed E-state index contributed by atoms with van der Waals surface area (Å²) in [5.74, 6) is -0.145. The second kappa shape index (κ2) is 5.81. The van der Waals surface area contributed by atoms with Gasteiger partial charge in [-0.2, -0.15) is 0 Å². The molecule has 4 heterocycles. The van der Waals surface area contributed by atoms with Crippen molar-refractivity contribution in [1.29, 1.82) is 0 Å². The summed E-state index contributed by atoms with van der Waals surface area (Å²) in [7, 11) is 0. The Morgan fingerprint density at radius 2 is 2.22 bits per heavy atom. The molecule has 0 aliphatic carbocycles. The van der Waals surface area contributed by atoms with Crippen molar-refractivity contribution >= 4 is 11.6 Å². The highest BCUT2D eigenvalue weighted by atomic mass is 16.5. The molecule has 4 rings (SSSR count). The van der Waals surface area contributed by atoms with Gasteiger partial charge in [0, 0.05) is 30.8 Å². The van der Waals surface area contributed by atoms with E-state index in [2.05, 4.69) is 15.3 Å². The predicted octanol–water partition coefficient (Wildman–Crippen LogP) is 1.99. The van der Waals surface area contributed by atoms with Gasteiger partial charge in [-0.3, -0.25) is 14.2 Å². The molecule has 1 aliphatic rings. The number of hydrogen-bond acceptors (Lipinski definition) is 4. The van der Waals surface area contributed by atoms with Gasteiger partial charge >= 0.3 is 0 Å². The van der Waals surface area contributed by atoms with Gasteiger partial charge in [0.25, 0.3) is 5.91 Å². The van der Waals surface area contributed by atoms with E-state index in [9.17, 15) is 4.79 Å². The lowest BCUT2D eigenvalue weighted by molar-refractivity contribution is 0.0816. The van der Waals surface area contributed by atoms with Crippen LogP contribution in [0.4, 0.5) is 0 Å². The fourth-order valence-electron chi connectivity index (χ4n) is 2.95. The molecule has 0 radical (unpaired) electrons. The highest BCUT2D eigenvalue weighted by Crippen LogP contribution is 2.28. The van der Waals surface area contributed by atoms with Gasteiger partial charge in [0.15, 0.2) is 0 Å². The van der Waals surface area contributed by atoms with Crippen LogP contribution in [0.15, 0.2) is 55.1 Å². The normalized spacial score (nSPS) is 20.7. The monoisotopic (exact) mass is 308 g/mol. The van der Waals surface area contributed by atoms with Crippen molar-refractivity contribution in [2.75, 3.05) is 6.61 Å². The van der Waals surface area contributed by atoms with E-state index in [0.29, 0.717) is 12.3 Å². The van der Waals surface area contributed by atoms with Gasteiger partial charge in [0.2, 0.25) is 0 Å². The van der Waals surface area contributed by atoms with Gasteiger partial charge in [0.05, 0.1) is 12.2 Å². The van der Waals surface area contributed by atoms with E-state index in [1.165, 1.54) is 0 Å². The van der Waals surface area contributed by atoms with E-state index in [4.69, 9.17) is 4.74 Å². The third kappa shape index (κ3) is 2.57. The van der Waals surface area contributed by atoms with Crippen LogP contribution in [0.2, 0.25) is 0 Å². The summed E-state index contributed by atoms with van der Waals surface area (Å²) in [4.78, 5) is 21.0. The number of rotatable bonds is 3. The van der Waals surface area contributed by atoms with Gasteiger partial charge < -0.3 is 10.1 Å². The number of ether oxygens (including phenoxy) is 1. The first-order valence-electron chi connectivity index (χ1n) is 7.57. The van der Waals surface area contributed by atoms with E-state index in [1.54, 1.807) is 23.0 Å². The van der Waals surface area contributed by atoms with Crippen LogP contribution >= 0.6 is 0 Å². The molecule has 0 unspecified atom stereocenters. The Morgan fingerprint density at radius 1 is 1.26 bits per heavy atom. The van der Waals surface area contributed by atoms with E-state index in [0.717, 1.165) is 17.6 Å². The van der Waals surface area contributed by atoms with Crippen molar-refractivity contribution in [1.82, 2.24) is 19.7 Å². The summed E-state index contributed by atoms with van der Waals surface area (Å²) < 4.78 is 7.56. The smallest absolute Gasteiger partial charge is 0.270 e. The summed E-state index contributed by atoms with van der Waals surface area (Å²) in [5, 5.41) is 3.07. The molecule has 3 aromatic heterocycles. The quantitative estimate of drug-likeness (QED) is 0.803. The molecule has 116 valence electrons. The standard InChI is InChI=1S/C17H16N4O2/c22-17(14-11-19-15-5-1-2-8-21(14)15)20-13-6-9-23-16(13)12-4-3-7-18-10-12/h1-5,7-8,10-11,13,16H,6,9H2,(H,20,22)/t13-,16+/m0/s1. The zero-order valence-corrected chi connectivity index (χ0v) is 12.4. The fraction of sp³-hybridized carbons (Fsp3) is 0.235. The van der Waals surface area contributed by atoms with Gasteiger partial charge in [-0.25, -0.2) is 4.98 Å². The summed E-state index contributed by atoms with van der Waals surface area (Å²) >= 11 is 0. The summed E-state index contributed by atoms with van der Waals surface area (Å²) in [6, 6.07) is 9.42. The number of amides is 1. The summed E-state index contributed by atoms with van der Waals surface area (Å²) in [6.45, 7) is 0.623. The number of carbonyl (C=O) groups is 1. The minimum atomic E-state index is -0.160. The molecule has 1 saturated heterocycles. The Bertz CT molecular complexity index is 831. The molecule has 23 heavy (non-hydrogen) atoms. The average molecular weight is 308 g/mol. The van der Waals surface area contributed by atoms with Crippen LogP contribution in [0.3, 0.4) is 0 Å². The molecule has 1 aliphatic heterocycles. The van der Waals surface area contributed by atoms with E-state index >= 15 is 0 Å². The third-order valence-corrected chi connectivity index (χ3v) is 4.07. The number of imidazole rings is 1. The maximum absolute atomic E-state index is 12.6. The highest BCUT2D eigenvalue weighted by molar-refractivity contribution is 5.93. The average Bonchev–Trinajstić information content (AvgIpc) is 3.22. The number of nitrogens with one attached hydrogen (secondary N) is 1. The molecule has 1 N–H and O–H groups in total. The molecule has 0 aromatic carbocycles.